The first-order valence-corrected chi connectivity index (χ1v) is 11.4. The Labute approximate surface area is 176 Å². The number of ether oxygens (including phenoxy) is 2. The van der Waals surface area contributed by atoms with Crippen molar-refractivity contribution in [1.29, 1.82) is 0 Å². The molecule has 0 unspecified atom stereocenters. The number of carbonyl (C=O) groups excluding carboxylic acids is 1. The summed E-state index contributed by atoms with van der Waals surface area (Å²) in [5, 5.41) is 0. The molecule has 1 aliphatic rings. The van der Waals surface area contributed by atoms with E-state index in [1.165, 1.54) is 10.4 Å². The first-order chi connectivity index (χ1) is 14.5. The number of hydrogen-bond acceptors (Lipinski definition) is 6. The standard InChI is InChI=1S/C21H27N3O5S/c1-3-5-6-7-21(25)29-16-20-22-18-15-17(8-9-19(18)24(20)10-4-2)30(26,27)23-11-13-28-14-12-23/h3,5-9,15H,4,10-14,16H2,1-2H3/b5-3+,7-6+. The fraction of sp³-hybridized carbons (Fsp3) is 0.429. The van der Waals surface area contributed by atoms with Crippen LogP contribution in [0.2, 0.25) is 0 Å². The summed E-state index contributed by atoms with van der Waals surface area (Å²) in [6, 6.07) is 4.96. The number of allylic oxidation sites excluding steroid dienone is 3. The Morgan fingerprint density at radius 1 is 1.27 bits per heavy atom. The van der Waals surface area contributed by atoms with Crippen LogP contribution in [0.15, 0.2) is 47.4 Å². The van der Waals surface area contributed by atoms with E-state index in [0.717, 1.165) is 11.9 Å². The molecule has 1 aromatic carbocycles. The molecule has 0 radical (unpaired) electrons. The van der Waals surface area contributed by atoms with Gasteiger partial charge in [0.2, 0.25) is 10.0 Å². The van der Waals surface area contributed by atoms with Gasteiger partial charge >= 0.3 is 5.97 Å². The number of carbonyl (C=O) groups is 1. The molecule has 2 aromatic rings. The molecule has 1 aliphatic heterocycles. The lowest BCUT2D eigenvalue weighted by atomic mass is 10.3. The molecular formula is C21H27N3O5S. The second-order valence-corrected chi connectivity index (χ2v) is 8.78. The summed E-state index contributed by atoms with van der Waals surface area (Å²) in [5.41, 5.74) is 1.38. The molecule has 8 nitrogen and oxygen atoms in total. The first-order valence-electron chi connectivity index (χ1n) is 10.0. The number of aryl methyl sites for hydroxylation is 1. The summed E-state index contributed by atoms with van der Waals surface area (Å²) < 4.78 is 39.8. The van der Waals surface area contributed by atoms with Crippen molar-refractivity contribution in [3.63, 3.8) is 0 Å². The van der Waals surface area contributed by atoms with Crippen molar-refractivity contribution in [2.75, 3.05) is 26.3 Å². The number of esters is 1. The molecule has 0 N–H and O–H groups in total. The monoisotopic (exact) mass is 433 g/mol. The smallest absolute Gasteiger partial charge is 0.331 e. The van der Waals surface area contributed by atoms with Crippen molar-refractivity contribution in [3.8, 4) is 0 Å². The Kier molecular flexibility index (Phi) is 7.41. The first kappa shape index (κ1) is 22.2. The highest BCUT2D eigenvalue weighted by atomic mass is 32.2. The Balaban J connectivity index is 1.87. The van der Waals surface area contributed by atoms with Crippen molar-refractivity contribution in [2.45, 2.75) is 38.3 Å². The molecule has 2 heterocycles. The van der Waals surface area contributed by atoms with Crippen LogP contribution in [0.1, 0.15) is 26.1 Å². The zero-order valence-electron chi connectivity index (χ0n) is 17.3. The minimum Gasteiger partial charge on any atom is -0.454 e. The van der Waals surface area contributed by atoms with Gasteiger partial charge in [-0.3, -0.25) is 0 Å². The van der Waals surface area contributed by atoms with Crippen LogP contribution >= 0.6 is 0 Å². The maximum atomic E-state index is 12.9. The highest BCUT2D eigenvalue weighted by Crippen LogP contribution is 2.24. The summed E-state index contributed by atoms with van der Waals surface area (Å²) in [5.74, 6) is 0.124. The Bertz CT molecular complexity index is 1050. The minimum absolute atomic E-state index is 0.0131. The van der Waals surface area contributed by atoms with Crippen molar-refractivity contribution >= 4 is 27.0 Å². The van der Waals surface area contributed by atoms with E-state index in [0.29, 0.717) is 44.2 Å². The van der Waals surface area contributed by atoms with Crippen molar-refractivity contribution < 1.29 is 22.7 Å². The normalized spacial score (nSPS) is 16.1. The van der Waals surface area contributed by atoms with Crippen molar-refractivity contribution in [3.05, 3.63) is 48.3 Å². The highest BCUT2D eigenvalue weighted by Gasteiger charge is 2.27. The summed E-state index contributed by atoms with van der Waals surface area (Å²) >= 11 is 0. The van der Waals surface area contributed by atoms with Crippen LogP contribution in [0.4, 0.5) is 0 Å². The third-order valence-corrected chi connectivity index (χ3v) is 6.63. The number of benzene rings is 1. The van der Waals surface area contributed by atoms with E-state index in [2.05, 4.69) is 4.98 Å². The van der Waals surface area contributed by atoms with Crippen LogP contribution in [-0.2, 0) is 37.4 Å². The van der Waals surface area contributed by atoms with E-state index in [4.69, 9.17) is 9.47 Å². The summed E-state index contributed by atoms with van der Waals surface area (Å²) in [6.45, 7) is 6.07. The van der Waals surface area contributed by atoms with Gasteiger partial charge < -0.3 is 14.0 Å². The van der Waals surface area contributed by atoms with Crippen LogP contribution in [0.25, 0.3) is 11.0 Å². The van der Waals surface area contributed by atoms with Gasteiger partial charge in [0.1, 0.15) is 12.4 Å². The van der Waals surface area contributed by atoms with E-state index >= 15 is 0 Å². The minimum atomic E-state index is -3.60. The van der Waals surface area contributed by atoms with E-state index in [1.54, 1.807) is 30.4 Å². The third-order valence-electron chi connectivity index (χ3n) is 4.73. The van der Waals surface area contributed by atoms with Gasteiger partial charge in [0.05, 0.1) is 29.1 Å². The van der Waals surface area contributed by atoms with E-state index < -0.39 is 16.0 Å². The second-order valence-electron chi connectivity index (χ2n) is 6.84. The molecule has 9 heteroatoms. The fourth-order valence-electron chi connectivity index (χ4n) is 3.27. The number of aromatic nitrogens is 2. The molecule has 0 bridgehead atoms. The van der Waals surface area contributed by atoms with Crippen LogP contribution in [0, 0.1) is 0 Å². The SMILES string of the molecule is C/C=C/C=C/C(=O)OCc1nc2cc(S(=O)(=O)N3CCOCC3)ccc2n1CCC. The fourth-order valence-corrected chi connectivity index (χ4v) is 4.70. The maximum absolute atomic E-state index is 12.9. The van der Waals surface area contributed by atoms with Gasteiger partial charge in [-0.2, -0.15) is 4.31 Å². The lowest BCUT2D eigenvalue weighted by molar-refractivity contribution is -0.139. The predicted octanol–water partition coefficient (Wildman–Crippen LogP) is 2.64. The van der Waals surface area contributed by atoms with Crippen LogP contribution in [0.3, 0.4) is 0 Å². The van der Waals surface area contributed by atoms with Crippen molar-refractivity contribution in [1.82, 2.24) is 13.9 Å². The zero-order chi connectivity index (χ0) is 21.6. The molecule has 0 aliphatic carbocycles. The van der Waals surface area contributed by atoms with Gasteiger partial charge in [-0.25, -0.2) is 18.2 Å². The quantitative estimate of drug-likeness (QED) is 0.361. The second kappa shape index (κ2) is 10.0. The zero-order valence-corrected chi connectivity index (χ0v) is 18.1. The molecule has 1 saturated heterocycles. The van der Waals surface area contributed by atoms with Gasteiger partial charge in [-0.05, 0) is 31.5 Å². The van der Waals surface area contributed by atoms with Crippen LogP contribution in [0.5, 0.6) is 0 Å². The molecule has 30 heavy (non-hydrogen) atoms. The number of hydrogen-bond donors (Lipinski definition) is 0. The number of nitrogens with zero attached hydrogens (tertiary/aromatic N) is 3. The molecule has 3 rings (SSSR count). The largest absolute Gasteiger partial charge is 0.454 e. The lowest BCUT2D eigenvalue weighted by Crippen LogP contribution is -2.40. The van der Waals surface area contributed by atoms with Crippen molar-refractivity contribution in [2.24, 2.45) is 0 Å². The molecule has 162 valence electrons. The number of morpholine rings is 1. The Hall–Kier alpha value is -2.49. The van der Waals surface area contributed by atoms with E-state index in [-0.39, 0.29) is 11.5 Å². The summed E-state index contributed by atoms with van der Waals surface area (Å²) in [6.07, 6.45) is 7.37. The molecule has 1 fully saturated rings. The molecular weight excluding hydrogens is 406 g/mol. The summed E-state index contributed by atoms with van der Waals surface area (Å²) in [7, 11) is -3.60. The average Bonchev–Trinajstić information content (AvgIpc) is 3.10. The van der Waals surface area contributed by atoms with Gasteiger partial charge in [0, 0.05) is 25.7 Å². The van der Waals surface area contributed by atoms with Gasteiger partial charge in [-0.1, -0.05) is 25.2 Å². The summed E-state index contributed by atoms with van der Waals surface area (Å²) in [4.78, 5) is 16.6. The lowest BCUT2D eigenvalue weighted by Gasteiger charge is -2.26. The maximum Gasteiger partial charge on any atom is 0.331 e. The Morgan fingerprint density at radius 3 is 2.73 bits per heavy atom. The molecule has 0 spiro atoms. The third kappa shape index (κ3) is 4.97. The van der Waals surface area contributed by atoms with Gasteiger partial charge in [-0.15, -0.1) is 0 Å². The number of rotatable bonds is 8. The van der Waals surface area contributed by atoms with Crippen LogP contribution < -0.4 is 0 Å². The number of fused-ring (bicyclic) bond motifs is 1. The van der Waals surface area contributed by atoms with Gasteiger partial charge in [0.25, 0.3) is 0 Å². The van der Waals surface area contributed by atoms with E-state index in [9.17, 15) is 13.2 Å². The van der Waals surface area contributed by atoms with E-state index in [1.807, 2.05) is 24.5 Å². The molecule has 0 atom stereocenters. The molecule has 1 aromatic heterocycles. The number of imidazole rings is 1. The Morgan fingerprint density at radius 2 is 2.03 bits per heavy atom. The highest BCUT2D eigenvalue weighted by molar-refractivity contribution is 7.89. The average molecular weight is 434 g/mol. The van der Waals surface area contributed by atoms with Crippen LogP contribution in [-0.4, -0.2) is 54.5 Å². The number of sulfonamides is 1. The molecule has 0 saturated carbocycles. The molecule has 0 amide bonds. The van der Waals surface area contributed by atoms with Gasteiger partial charge in [0.15, 0.2) is 0 Å². The predicted molar refractivity (Wildman–Crippen MR) is 113 cm³/mol. The topological polar surface area (TPSA) is 90.7 Å².